The van der Waals surface area contributed by atoms with Gasteiger partial charge < -0.3 is 4.43 Å². The van der Waals surface area contributed by atoms with E-state index in [9.17, 15) is 0 Å². The van der Waals surface area contributed by atoms with E-state index in [4.69, 9.17) is 10.8 Å². The summed E-state index contributed by atoms with van der Waals surface area (Å²) in [4.78, 5) is 0. The quantitative estimate of drug-likeness (QED) is 0.361. The van der Waals surface area contributed by atoms with E-state index in [1.54, 1.807) is 5.57 Å². The van der Waals surface area contributed by atoms with Gasteiger partial charge >= 0.3 is 0 Å². The van der Waals surface area contributed by atoms with Crippen LogP contribution in [-0.2, 0) is 4.43 Å². The van der Waals surface area contributed by atoms with Crippen molar-refractivity contribution < 1.29 is 4.43 Å². The normalized spacial score (nSPS) is 20.6. The highest BCUT2D eigenvalue weighted by molar-refractivity contribution is 6.70. The van der Waals surface area contributed by atoms with Gasteiger partial charge in [-0.1, -0.05) is 13.8 Å². The molecule has 2 heteroatoms. The molecule has 1 atom stereocenters. The topological polar surface area (TPSA) is 9.23 Å². The first-order chi connectivity index (χ1) is 8.83. The second-order valence-electron chi connectivity index (χ2n) is 7.05. The number of terminal acetylenes is 1. The molecule has 0 unspecified atom stereocenters. The molecule has 0 saturated heterocycles. The SMILES string of the molecule is C#CCCCC1=C(O[Si](C)(C)C)CC[C@H](C(C)C)C1. The first-order valence-corrected chi connectivity index (χ1v) is 11.1. The fourth-order valence-corrected chi connectivity index (χ4v) is 3.72. The zero-order valence-electron chi connectivity index (χ0n) is 13.4. The van der Waals surface area contributed by atoms with Crippen LogP contribution in [0.4, 0.5) is 0 Å². The number of allylic oxidation sites excluding steroid dienone is 2. The maximum Gasteiger partial charge on any atom is 0.241 e. The summed E-state index contributed by atoms with van der Waals surface area (Å²) >= 11 is 0. The van der Waals surface area contributed by atoms with Crippen LogP contribution in [0.3, 0.4) is 0 Å². The average molecular weight is 279 g/mol. The lowest BCUT2D eigenvalue weighted by molar-refractivity contribution is 0.284. The van der Waals surface area contributed by atoms with Crippen LogP contribution < -0.4 is 0 Å². The molecule has 0 aliphatic heterocycles. The predicted octanol–water partition coefficient (Wildman–Crippen LogP) is 5.35. The fraction of sp³-hybridized carbons (Fsp3) is 0.765. The van der Waals surface area contributed by atoms with E-state index in [2.05, 4.69) is 39.4 Å². The lowest BCUT2D eigenvalue weighted by atomic mass is 9.79. The van der Waals surface area contributed by atoms with Crippen LogP contribution in [0.5, 0.6) is 0 Å². The van der Waals surface area contributed by atoms with Crippen LogP contribution in [0.2, 0.25) is 19.6 Å². The molecule has 108 valence electrons. The Kier molecular flexibility index (Phi) is 6.20. The molecule has 1 rings (SSSR count). The highest BCUT2D eigenvalue weighted by Crippen LogP contribution is 2.37. The summed E-state index contributed by atoms with van der Waals surface area (Å²) in [6, 6.07) is 0. The molecule has 0 fully saturated rings. The molecule has 0 aromatic rings. The maximum atomic E-state index is 6.32. The minimum absolute atomic E-state index is 0.774. The summed E-state index contributed by atoms with van der Waals surface area (Å²) in [7, 11) is -1.48. The van der Waals surface area contributed by atoms with Crippen molar-refractivity contribution in [3.05, 3.63) is 11.3 Å². The molecule has 1 aliphatic carbocycles. The van der Waals surface area contributed by atoms with Gasteiger partial charge in [-0.25, -0.2) is 0 Å². The molecule has 0 amide bonds. The monoisotopic (exact) mass is 278 g/mol. The van der Waals surface area contributed by atoms with Gasteiger partial charge in [-0.05, 0) is 62.7 Å². The molecule has 0 aromatic heterocycles. The number of unbranched alkanes of at least 4 members (excludes halogenated alkanes) is 1. The highest BCUT2D eigenvalue weighted by atomic mass is 28.4. The Hall–Kier alpha value is -0.683. The Morgan fingerprint density at radius 2 is 2.05 bits per heavy atom. The third kappa shape index (κ3) is 5.87. The summed E-state index contributed by atoms with van der Waals surface area (Å²) in [6.45, 7) is 11.5. The van der Waals surface area contributed by atoms with E-state index >= 15 is 0 Å². The second kappa shape index (κ2) is 7.19. The molecule has 0 spiro atoms. The van der Waals surface area contributed by atoms with Crippen molar-refractivity contribution in [2.24, 2.45) is 11.8 Å². The number of rotatable bonds is 6. The highest BCUT2D eigenvalue weighted by Gasteiger charge is 2.27. The van der Waals surface area contributed by atoms with Gasteiger partial charge in [0.25, 0.3) is 0 Å². The molecule has 0 heterocycles. The first-order valence-electron chi connectivity index (χ1n) is 7.67. The molecule has 0 radical (unpaired) electrons. The van der Waals surface area contributed by atoms with Crippen molar-refractivity contribution in [1.82, 2.24) is 0 Å². The lowest BCUT2D eigenvalue weighted by Crippen LogP contribution is -2.28. The van der Waals surface area contributed by atoms with Gasteiger partial charge in [0, 0.05) is 12.8 Å². The van der Waals surface area contributed by atoms with Crippen molar-refractivity contribution in [1.29, 1.82) is 0 Å². The Morgan fingerprint density at radius 1 is 1.37 bits per heavy atom. The maximum absolute atomic E-state index is 6.32. The Bertz CT molecular complexity index is 354. The van der Waals surface area contributed by atoms with Crippen molar-refractivity contribution in [3.8, 4) is 12.3 Å². The molecule has 0 aromatic carbocycles. The zero-order chi connectivity index (χ0) is 14.5. The van der Waals surface area contributed by atoms with E-state index in [1.807, 2.05) is 0 Å². The molecular formula is C17H30OSi. The molecule has 0 N–H and O–H groups in total. The van der Waals surface area contributed by atoms with Gasteiger partial charge in [0.05, 0.1) is 5.76 Å². The second-order valence-corrected chi connectivity index (χ2v) is 11.5. The standard InChI is InChI=1S/C17H30OSi/c1-7-8-9-10-16-13-15(14(2)3)11-12-17(16)18-19(4,5)6/h1,14-15H,8-13H2,2-6H3/t15-/m0/s1. The Balaban J connectivity index is 2.77. The molecule has 0 bridgehead atoms. The van der Waals surface area contributed by atoms with Crippen LogP contribution in [-0.4, -0.2) is 8.32 Å². The summed E-state index contributed by atoms with van der Waals surface area (Å²) in [6.07, 6.45) is 12.1. The number of hydrogen-bond acceptors (Lipinski definition) is 1. The molecule has 19 heavy (non-hydrogen) atoms. The van der Waals surface area contributed by atoms with Crippen LogP contribution in [0.25, 0.3) is 0 Å². The largest absolute Gasteiger partial charge is 0.547 e. The number of hydrogen-bond donors (Lipinski definition) is 0. The minimum atomic E-state index is -1.48. The van der Waals surface area contributed by atoms with Crippen LogP contribution in [0.15, 0.2) is 11.3 Å². The van der Waals surface area contributed by atoms with Crippen molar-refractivity contribution in [2.75, 3.05) is 0 Å². The summed E-state index contributed by atoms with van der Waals surface area (Å²) in [5.41, 5.74) is 1.56. The van der Waals surface area contributed by atoms with Crippen LogP contribution >= 0.6 is 0 Å². The van der Waals surface area contributed by atoms with Gasteiger partial charge in [-0.3, -0.25) is 0 Å². The van der Waals surface area contributed by atoms with Gasteiger partial charge in [0.15, 0.2) is 0 Å². The van der Waals surface area contributed by atoms with Crippen molar-refractivity contribution in [2.45, 2.75) is 72.0 Å². The predicted molar refractivity (Wildman–Crippen MR) is 86.3 cm³/mol. The third-order valence-corrected chi connectivity index (χ3v) is 4.68. The smallest absolute Gasteiger partial charge is 0.241 e. The van der Waals surface area contributed by atoms with Gasteiger partial charge in [0.1, 0.15) is 0 Å². The molecule has 1 nitrogen and oxygen atoms in total. The first kappa shape index (κ1) is 16.4. The van der Waals surface area contributed by atoms with Gasteiger partial charge in [0.2, 0.25) is 8.32 Å². The van der Waals surface area contributed by atoms with Crippen LogP contribution in [0, 0.1) is 24.2 Å². The van der Waals surface area contributed by atoms with Gasteiger partial charge in [-0.2, -0.15) is 0 Å². The summed E-state index contributed by atoms with van der Waals surface area (Å²) < 4.78 is 6.32. The fourth-order valence-electron chi connectivity index (χ4n) is 2.73. The average Bonchev–Trinajstić information content (AvgIpc) is 2.29. The zero-order valence-corrected chi connectivity index (χ0v) is 14.4. The Morgan fingerprint density at radius 3 is 2.58 bits per heavy atom. The summed E-state index contributed by atoms with van der Waals surface area (Å²) in [5, 5.41) is 0. The van der Waals surface area contributed by atoms with E-state index in [0.717, 1.165) is 37.5 Å². The molecular weight excluding hydrogens is 248 g/mol. The van der Waals surface area contributed by atoms with Gasteiger partial charge in [-0.15, -0.1) is 12.3 Å². The molecule has 0 saturated carbocycles. The van der Waals surface area contributed by atoms with Crippen molar-refractivity contribution in [3.63, 3.8) is 0 Å². The van der Waals surface area contributed by atoms with Crippen LogP contribution in [0.1, 0.15) is 52.4 Å². The van der Waals surface area contributed by atoms with Crippen molar-refractivity contribution >= 4 is 8.32 Å². The summed E-state index contributed by atoms with van der Waals surface area (Å²) in [5.74, 6) is 5.67. The van der Waals surface area contributed by atoms with E-state index in [0.29, 0.717) is 0 Å². The lowest BCUT2D eigenvalue weighted by Gasteiger charge is -2.33. The Labute approximate surface area is 120 Å². The third-order valence-electron chi connectivity index (χ3n) is 3.82. The van der Waals surface area contributed by atoms with E-state index in [-0.39, 0.29) is 0 Å². The molecule has 1 aliphatic rings. The van der Waals surface area contributed by atoms with E-state index < -0.39 is 8.32 Å². The minimum Gasteiger partial charge on any atom is -0.547 e. The van der Waals surface area contributed by atoms with E-state index in [1.165, 1.54) is 18.6 Å².